The molecule has 0 bridgehead atoms. The van der Waals surface area contributed by atoms with Gasteiger partial charge >= 0.3 is 0 Å². The maximum atomic E-state index is 13.5. The van der Waals surface area contributed by atoms with Crippen LogP contribution in [-0.2, 0) is 12.8 Å². The molecule has 2 rings (SSSR count). The van der Waals surface area contributed by atoms with Crippen LogP contribution in [0.2, 0.25) is 5.02 Å². The smallest absolute Gasteiger partial charge is 0.142 e. The standard InChI is InChI=1S/C14H16ClFN2S/c1-2-9-6-7-10(19-9)8-13(18-17)11-4-3-5-12(16)14(11)15/h3-7,13,18H,2,8,17H2,1H3. The van der Waals surface area contributed by atoms with Crippen LogP contribution in [0.15, 0.2) is 30.3 Å². The van der Waals surface area contributed by atoms with Crippen LogP contribution in [0, 0.1) is 5.82 Å². The summed E-state index contributed by atoms with van der Waals surface area (Å²) in [5.74, 6) is 5.17. The number of aryl methyl sites for hydroxylation is 1. The van der Waals surface area contributed by atoms with E-state index in [4.69, 9.17) is 17.4 Å². The van der Waals surface area contributed by atoms with Crippen LogP contribution in [0.25, 0.3) is 0 Å². The van der Waals surface area contributed by atoms with Crippen molar-refractivity contribution in [2.75, 3.05) is 0 Å². The van der Waals surface area contributed by atoms with Crippen molar-refractivity contribution in [3.8, 4) is 0 Å². The molecule has 2 nitrogen and oxygen atoms in total. The van der Waals surface area contributed by atoms with Gasteiger partial charge in [0.05, 0.1) is 11.1 Å². The van der Waals surface area contributed by atoms with Gasteiger partial charge in [-0.05, 0) is 30.2 Å². The van der Waals surface area contributed by atoms with Crippen molar-refractivity contribution in [2.24, 2.45) is 5.84 Å². The molecule has 0 saturated carbocycles. The van der Waals surface area contributed by atoms with Gasteiger partial charge in [0.25, 0.3) is 0 Å². The zero-order valence-electron chi connectivity index (χ0n) is 10.6. The molecule has 0 aliphatic rings. The lowest BCUT2D eigenvalue weighted by Crippen LogP contribution is -2.29. The highest BCUT2D eigenvalue weighted by molar-refractivity contribution is 7.11. The molecule has 102 valence electrons. The number of benzene rings is 1. The highest BCUT2D eigenvalue weighted by Crippen LogP contribution is 2.29. The molecule has 0 fully saturated rings. The Hall–Kier alpha value is -0.940. The first-order chi connectivity index (χ1) is 9.15. The molecular formula is C14H16ClFN2S. The third-order valence-corrected chi connectivity index (χ3v) is 4.68. The predicted octanol–water partition coefficient (Wildman–Crippen LogP) is 3.85. The van der Waals surface area contributed by atoms with Crippen molar-refractivity contribution in [1.82, 2.24) is 5.43 Å². The zero-order valence-corrected chi connectivity index (χ0v) is 12.2. The first kappa shape index (κ1) is 14.5. The van der Waals surface area contributed by atoms with Gasteiger partial charge in [-0.25, -0.2) is 4.39 Å². The number of nitrogens with two attached hydrogens (primary N) is 1. The summed E-state index contributed by atoms with van der Waals surface area (Å²) >= 11 is 7.75. The summed E-state index contributed by atoms with van der Waals surface area (Å²) in [6, 6.07) is 8.80. The third-order valence-electron chi connectivity index (χ3n) is 3.03. The van der Waals surface area contributed by atoms with Crippen molar-refractivity contribution in [3.63, 3.8) is 0 Å². The number of rotatable bonds is 5. The van der Waals surface area contributed by atoms with E-state index in [1.54, 1.807) is 23.5 Å². The summed E-state index contributed by atoms with van der Waals surface area (Å²) in [5, 5.41) is 0.137. The fourth-order valence-corrected chi connectivity index (χ4v) is 3.23. The van der Waals surface area contributed by atoms with E-state index in [1.807, 2.05) is 0 Å². The van der Waals surface area contributed by atoms with E-state index in [9.17, 15) is 4.39 Å². The zero-order chi connectivity index (χ0) is 13.8. The maximum absolute atomic E-state index is 13.5. The maximum Gasteiger partial charge on any atom is 0.142 e. The minimum atomic E-state index is -0.417. The monoisotopic (exact) mass is 298 g/mol. The molecule has 1 heterocycles. The molecule has 1 aromatic carbocycles. The fraction of sp³-hybridized carbons (Fsp3) is 0.286. The van der Waals surface area contributed by atoms with Gasteiger partial charge in [-0.1, -0.05) is 30.7 Å². The number of thiophene rings is 1. The Kier molecular flexibility index (Phi) is 4.93. The molecule has 0 spiro atoms. The number of halogens is 2. The molecule has 0 aliphatic carbocycles. The normalized spacial score (nSPS) is 12.6. The highest BCUT2D eigenvalue weighted by Gasteiger charge is 2.17. The van der Waals surface area contributed by atoms with Gasteiger partial charge in [0.2, 0.25) is 0 Å². The van der Waals surface area contributed by atoms with E-state index in [-0.39, 0.29) is 11.1 Å². The van der Waals surface area contributed by atoms with Crippen LogP contribution in [0.1, 0.15) is 28.3 Å². The molecule has 1 unspecified atom stereocenters. The van der Waals surface area contributed by atoms with Gasteiger partial charge in [0.1, 0.15) is 5.82 Å². The Balaban J connectivity index is 2.22. The van der Waals surface area contributed by atoms with Crippen molar-refractivity contribution >= 4 is 22.9 Å². The Morgan fingerprint density at radius 2 is 2.05 bits per heavy atom. The van der Waals surface area contributed by atoms with Gasteiger partial charge in [-0.2, -0.15) is 0 Å². The lowest BCUT2D eigenvalue weighted by Gasteiger charge is -2.17. The van der Waals surface area contributed by atoms with Crippen molar-refractivity contribution < 1.29 is 4.39 Å². The summed E-state index contributed by atoms with van der Waals surface area (Å²) in [6.07, 6.45) is 1.72. The number of nitrogens with one attached hydrogen (secondary N) is 1. The first-order valence-electron chi connectivity index (χ1n) is 6.13. The van der Waals surface area contributed by atoms with Crippen molar-refractivity contribution in [3.05, 3.63) is 56.5 Å². The second kappa shape index (κ2) is 6.48. The van der Waals surface area contributed by atoms with Crippen LogP contribution in [0.5, 0.6) is 0 Å². The number of hydrogen-bond donors (Lipinski definition) is 2. The minimum Gasteiger partial charge on any atom is -0.271 e. The van der Waals surface area contributed by atoms with E-state index < -0.39 is 5.82 Å². The summed E-state index contributed by atoms with van der Waals surface area (Å²) < 4.78 is 13.5. The van der Waals surface area contributed by atoms with Gasteiger partial charge in [-0.3, -0.25) is 11.3 Å². The van der Waals surface area contributed by atoms with Gasteiger partial charge in [0, 0.05) is 16.2 Å². The Morgan fingerprint density at radius 3 is 2.68 bits per heavy atom. The highest BCUT2D eigenvalue weighted by atomic mass is 35.5. The van der Waals surface area contributed by atoms with E-state index in [1.165, 1.54) is 15.8 Å². The lowest BCUT2D eigenvalue weighted by atomic mass is 10.0. The average molecular weight is 299 g/mol. The van der Waals surface area contributed by atoms with Gasteiger partial charge < -0.3 is 0 Å². The number of hydrazine groups is 1. The molecule has 3 N–H and O–H groups in total. The summed E-state index contributed by atoms with van der Waals surface area (Å²) in [7, 11) is 0. The molecule has 1 aromatic heterocycles. The topological polar surface area (TPSA) is 38.0 Å². The molecule has 0 amide bonds. The van der Waals surface area contributed by atoms with Crippen molar-refractivity contribution in [2.45, 2.75) is 25.8 Å². The van der Waals surface area contributed by atoms with Crippen LogP contribution in [0.3, 0.4) is 0 Å². The van der Waals surface area contributed by atoms with Crippen LogP contribution in [0.4, 0.5) is 4.39 Å². The van der Waals surface area contributed by atoms with E-state index in [0.29, 0.717) is 12.0 Å². The van der Waals surface area contributed by atoms with Gasteiger partial charge in [-0.15, -0.1) is 11.3 Å². The molecule has 2 aromatic rings. The molecule has 1 atom stereocenters. The molecule has 0 saturated heterocycles. The number of hydrogen-bond acceptors (Lipinski definition) is 3. The average Bonchev–Trinajstić information content (AvgIpc) is 2.87. The van der Waals surface area contributed by atoms with Gasteiger partial charge in [0.15, 0.2) is 0 Å². The molecule has 0 radical (unpaired) electrons. The van der Waals surface area contributed by atoms with Crippen LogP contribution >= 0.6 is 22.9 Å². The molecule has 0 aliphatic heterocycles. The quantitative estimate of drug-likeness (QED) is 0.650. The molecule has 19 heavy (non-hydrogen) atoms. The van der Waals surface area contributed by atoms with Crippen LogP contribution < -0.4 is 11.3 Å². The third kappa shape index (κ3) is 3.34. The van der Waals surface area contributed by atoms with Crippen LogP contribution in [-0.4, -0.2) is 0 Å². The van der Waals surface area contributed by atoms with E-state index in [0.717, 1.165) is 6.42 Å². The first-order valence-corrected chi connectivity index (χ1v) is 7.32. The predicted molar refractivity (Wildman–Crippen MR) is 78.9 cm³/mol. The Morgan fingerprint density at radius 1 is 1.32 bits per heavy atom. The molecular weight excluding hydrogens is 283 g/mol. The SMILES string of the molecule is CCc1ccc(CC(NN)c2cccc(F)c2Cl)s1. The second-order valence-electron chi connectivity index (χ2n) is 4.29. The lowest BCUT2D eigenvalue weighted by molar-refractivity contribution is 0.548. The Labute approximate surface area is 121 Å². The minimum absolute atomic E-state index is 0.137. The summed E-state index contributed by atoms with van der Waals surface area (Å²) in [5.41, 5.74) is 3.41. The van der Waals surface area contributed by atoms with E-state index in [2.05, 4.69) is 24.5 Å². The second-order valence-corrected chi connectivity index (χ2v) is 5.92. The summed E-state index contributed by atoms with van der Waals surface area (Å²) in [4.78, 5) is 2.54. The van der Waals surface area contributed by atoms with Crippen molar-refractivity contribution in [1.29, 1.82) is 0 Å². The largest absolute Gasteiger partial charge is 0.271 e. The fourth-order valence-electron chi connectivity index (χ4n) is 1.97. The van der Waals surface area contributed by atoms with E-state index >= 15 is 0 Å². The summed E-state index contributed by atoms with van der Waals surface area (Å²) in [6.45, 7) is 2.12. The Bertz CT molecular complexity index is 556. The molecule has 5 heteroatoms.